The van der Waals surface area contributed by atoms with Crippen LogP contribution in [0.25, 0.3) is 11.1 Å². The van der Waals surface area contributed by atoms with Crippen molar-refractivity contribution in [2.75, 3.05) is 19.6 Å². The van der Waals surface area contributed by atoms with Crippen molar-refractivity contribution in [3.63, 3.8) is 0 Å². The van der Waals surface area contributed by atoms with Crippen LogP contribution in [0.15, 0.2) is 48.5 Å². The van der Waals surface area contributed by atoms with Crippen LogP contribution < -0.4 is 10.6 Å². The molecule has 2 N–H and O–H groups in total. The first kappa shape index (κ1) is 16.2. The molecule has 0 saturated heterocycles. The first-order chi connectivity index (χ1) is 11.1. The fourth-order valence-corrected chi connectivity index (χ4v) is 3.47. The molecule has 0 heterocycles. The average molecular weight is 308 g/mol. The highest BCUT2D eigenvalue weighted by atomic mass is 15.0. The van der Waals surface area contributed by atoms with Crippen LogP contribution in [0.4, 0.5) is 0 Å². The SMILES string of the molecule is CC(C)(C)NCCNCCC1c2ccccc2-c2ccccc21. The van der Waals surface area contributed by atoms with Gasteiger partial charge < -0.3 is 10.6 Å². The van der Waals surface area contributed by atoms with E-state index in [1.165, 1.54) is 22.3 Å². The summed E-state index contributed by atoms with van der Waals surface area (Å²) in [6.07, 6.45) is 1.16. The van der Waals surface area contributed by atoms with Gasteiger partial charge in [-0.3, -0.25) is 0 Å². The second-order valence-corrected chi connectivity index (χ2v) is 7.44. The smallest absolute Gasteiger partial charge is 0.0114 e. The standard InChI is InChI=1S/C21H28N2/c1-21(2,3)23-15-14-22-13-12-20-18-10-6-4-8-16(18)17-9-5-7-11-19(17)20/h4-11,20,22-23H,12-15H2,1-3H3. The van der Waals surface area contributed by atoms with Gasteiger partial charge in [0.05, 0.1) is 0 Å². The van der Waals surface area contributed by atoms with Crippen LogP contribution in [0, 0.1) is 0 Å². The number of rotatable bonds is 6. The molecule has 23 heavy (non-hydrogen) atoms. The van der Waals surface area contributed by atoms with Gasteiger partial charge in [-0.15, -0.1) is 0 Å². The predicted molar refractivity (Wildman–Crippen MR) is 99.0 cm³/mol. The van der Waals surface area contributed by atoms with Gasteiger partial charge in [0.25, 0.3) is 0 Å². The highest BCUT2D eigenvalue weighted by Crippen LogP contribution is 2.45. The summed E-state index contributed by atoms with van der Waals surface area (Å²) in [7, 11) is 0. The molecule has 0 unspecified atom stereocenters. The lowest BCUT2D eigenvalue weighted by Gasteiger charge is -2.21. The molecule has 0 aromatic heterocycles. The molecule has 0 bridgehead atoms. The largest absolute Gasteiger partial charge is 0.315 e. The zero-order valence-corrected chi connectivity index (χ0v) is 14.5. The molecule has 0 fully saturated rings. The lowest BCUT2D eigenvalue weighted by atomic mass is 9.94. The summed E-state index contributed by atoms with van der Waals surface area (Å²) in [5, 5.41) is 7.10. The van der Waals surface area contributed by atoms with Gasteiger partial charge in [-0.2, -0.15) is 0 Å². The van der Waals surface area contributed by atoms with Crippen molar-refractivity contribution in [3.05, 3.63) is 59.7 Å². The number of fused-ring (bicyclic) bond motifs is 3. The summed E-state index contributed by atoms with van der Waals surface area (Å²) in [5.74, 6) is 0.533. The first-order valence-electron chi connectivity index (χ1n) is 8.70. The molecule has 1 aliphatic carbocycles. The highest BCUT2D eigenvalue weighted by molar-refractivity contribution is 5.78. The summed E-state index contributed by atoms with van der Waals surface area (Å²) < 4.78 is 0. The van der Waals surface area contributed by atoms with Crippen molar-refractivity contribution in [1.82, 2.24) is 10.6 Å². The summed E-state index contributed by atoms with van der Waals surface area (Å²) >= 11 is 0. The van der Waals surface area contributed by atoms with Gasteiger partial charge in [0.15, 0.2) is 0 Å². The minimum Gasteiger partial charge on any atom is -0.315 e. The Morgan fingerprint density at radius 1 is 0.783 bits per heavy atom. The maximum atomic E-state index is 3.58. The van der Waals surface area contributed by atoms with Gasteiger partial charge in [-0.05, 0) is 56.0 Å². The fraction of sp³-hybridized carbons (Fsp3) is 0.429. The Morgan fingerprint density at radius 3 is 1.91 bits per heavy atom. The third-order valence-corrected chi connectivity index (χ3v) is 4.53. The van der Waals surface area contributed by atoms with Crippen molar-refractivity contribution in [2.24, 2.45) is 0 Å². The molecule has 0 aliphatic heterocycles. The van der Waals surface area contributed by atoms with E-state index in [-0.39, 0.29) is 5.54 Å². The van der Waals surface area contributed by atoms with Crippen molar-refractivity contribution >= 4 is 0 Å². The van der Waals surface area contributed by atoms with E-state index in [0.717, 1.165) is 26.1 Å². The van der Waals surface area contributed by atoms with Gasteiger partial charge in [-0.1, -0.05) is 48.5 Å². The Hall–Kier alpha value is -1.64. The van der Waals surface area contributed by atoms with E-state index in [9.17, 15) is 0 Å². The normalized spacial score (nSPS) is 13.9. The molecule has 0 radical (unpaired) electrons. The van der Waals surface area contributed by atoms with E-state index in [4.69, 9.17) is 0 Å². The van der Waals surface area contributed by atoms with Crippen LogP contribution in [-0.4, -0.2) is 25.2 Å². The van der Waals surface area contributed by atoms with Gasteiger partial charge in [0.2, 0.25) is 0 Å². The molecule has 0 saturated carbocycles. The molecular weight excluding hydrogens is 280 g/mol. The number of hydrogen-bond acceptors (Lipinski definition) is 2. The topological polar surface area (TPSA) is 24.1 Å². The third kappa shape index (κ3) is 3.82. The maximum absolute atomic E-state index is 3.58. The van der Waals surface area contributed by atoms with Crippen molar-refractivity contribution in [1.29, 1.82) is 0 Å². The minimum absolute atomic E-state index is 0.199. The molecule has 122 valence electrons. The van der Waals surface area contributed by atoms with Crippen LogP contribution in [0.5, 0.6) is 0 Å². The zero-order valence-electron chi connectivity index (χ0n) is 14.5. The molecule has 2 aromatic rings. The Bertz CT molecular complexity index is 609. The Kier molecular flexibility index (Phi) is 4.84. The summed E-state index contributed by atoms with van der Waals surface area (Å²) in [6, 6.07) is 17.7. The lowest BCUT2D eigenvalue weighted by Crippen LogP contribution is -2.40. The number of nitrogens with one attached hydrogen (secondary N) is 2. The fourth-order valence-electron chi connectivity index (χ4n) is 3.47. The Balaban J connectivity index is 1.58. The molecule has 0 spiro atoms. The van der Waals surface area contributed by atoms with E-state index >= 15 is 0 Å². The van der Waals surface area contributed by atoms with E-state index in [0.29, 0.717) is 5.92 Å². The van der Waals surface area contributed by atoms with E-state index in [1.54, 1.807) is 0 Å². The molecule has 0 atom stereocenters. The van der Waals surface area contributed by atoms with Crippen LogP contribution in [-0.2, 0) is 0 Å². The van der Waals surface area contributed by atoms with Gasteiger partial charge >= 0.3 is 0 Å². The summed E-state index contributed by atoms with van der Waals surface area (Å²) in [6.45, 7) is 9.71. The second-order valence-electron chi connectivity index (χ2n) is 7.44. The quantitative estimate of drug-likeness (QED) is 0.783. The van der Waals surface area contributed by atoms with E-state index < -0.39 is 0 Å². The zero-order chi connectivity index (χ0) is 16.3. The number of benzene rings is 2. The van der Waals surface area contributed by atoms with Gasteiger partial charge in [0, 0.05) is 24.5 Å². The highest BCUT2D eigenvalue weighted by Gasteiger charge is 2.27. The monoisotopic (exact) mass is 308 g/mol. The van der Waals surface area contributed by atoms with Crippen LogP contribution >= 0.6 is 0 Å². The molecule has 2 aromatic carbocycles. The van der Waals surface area contributed by atoms with E-state index in [1.807, 2.05) is 0 Å². The average Bonchev–Trinajstić information content (AvgIpc) is 2.84. The number of hydrogen-bond donors (Lipinski definition) is 2. The molecular formula is C21H28N2. The molecule has 0 amide bonds. The Labute approximate surface area is 140 Å². The maximum Gasteiger partial charge on any atom is 0.0114 e. The van der Waals surface area contributed by atoms with Gasteiger partial charge in [-0.25, -0.2) is 0 Å². The molecule has 2 heteroatoms. The van der Waals surface area contributed by atoms with Crippen LogP contribution in [0.1, 0.15) is 44.2 Å². The Morgan fingerprint density at radius 2 is 1.35 bits per heavy atom. The minimum atomic E-state index is 0.199. The first-order valence-corrected chi connectivity index (χ1v) is 8.70. The van der Waals surface area contributed by atoms with E-state index in [2.05, 4.69) is 79.9 Å². The summed E-state index contributed by atoms with van der Waals surface area (Å²) in [4.78, 5) is 0. The van der Waals surface area contributed by atoms with Crippen molar-refractivity contribution in [3.8, 4) is 11.1 Å². The van der Waals surface area contributed by atoms with Crippen LogP contribution in [0.2, 0.25) is 0 Å². The third-order valence-electron chi connectivity index (χ3n) is 4.53. The predicted octanol–water partition coefficient (Wildman–Crippen LogP) is 4.17. The second kappa shape index (κ2) is 6.86. The van der Waals surface area contributed by atoms with Crippen molar-refractivity contribution < 1.29 is 0 Å². The molecule has 1 aliphatic rings. The molecule has 2 nitrogen and oxygen atoms in total. The van der Waals surface area contributed by atoms with Gasteiger partial charge in [0.1, 0.15) is 0 Å². The van der Waals surface area contributed by atoms with Crippen LogP contribution in [0.3, 0.4) is 0 Å². The lowest BCUT2D eigenvalue weighted by molar-refractivity contribution is 0.420. The summed E-state index contributed by atoms with van der Waals surface area (Å²) in [5.41, 5.74) is 6.02. The van der Waals surface area contributed by atoms with Crippen molar-refractivity contribution in [2.45, 2.75) is 38.6 Å². The molecule has 3 rings (SSSR count).